The lowest BCUT2D eigenvalue weighted by Gasteiger charge is -2.22. The van der Waals surface area contributed by atoms with Gasteiger partial charge in [-0.2, -0.15) is 0 Å². The van der Waals surface area contributed by atoms with Gasteiger partial charge in [0.2, 0.25) is 0 Å². The summed E-state index contributed by atoms with van der Waals surface area (Å²) in [5.74, 6) is -0.474. The molecule has 0 atom stereocenters. The predicted molar refractivity (Wildman–Crippen MR) is 76.3 cm³/mol. The summed E-state index contributed by atoms with van der Waals surface area (Å²) in [6, 6.07) is 5.64. The largest absolute Gasteiger partial charge is 0.466 e. The van der Waals surface area contributed by atoms with Crippen molar-refractivity contribution in [2.75, 3.05) is 19.7 Å². The SMILES string of the molecule is CCOC(=O)CCN(CC1CC1)C(=O)c1cccc(F)c1. The van der Waals surface area contributed by atoms with Gasteiger partial charge in [0.15, 0.2) is 0 Å². The van der Waals surface area contributed by atoms with Gasteiger partial charge in [0.1, 0.15) is 5.82 Å². The van der Waals surface area contributed by atoms with Gasteiger partial charge in [0.25, 0.3) is 5.91 Å². The zero-order valence-electron chi connectivity index (χ0n) is 12.2. The highest BCUT2D eigenvalue weighted by Crippen LogP contribution is 2.30. The van der Waals surface area contributed by atoms with E-state index < -0.39 is 5.82 Å². The number of carbonyl (C=O) groups excluding carboxylic acids is 2. The highest BCUT2D eigenvalue weighted by molar-refractivity contribution is 5.94. The molecule has 0 aliphatic heterocycles. The van der Waals surface area contributed by atoms with Crippen LogP contribution in [0.25, 0.3) is 0 Å². The van der Waals surface area contributed by atoms with Crippen LogP contribution in [0, 0.1) is 11.7 Å². The first-order valence-corrected chi connectivity index (χ1v) is 7.30. The first-order chi connectivity index (χ1) is 10.1. The monoisotopic (exact) mass is 293 g/mol. The minimum Gasteiger partial charge on any atom is -0.466 e. The predicted octanol–water partition coefficient (Wildman–Crippen LogP) is 2.63. The summed E-state index contributed by atoms with van der Waals surface area (Å²) in [6.07, 6.45) is 2.38. The summed E-state index contributed by atoms with van der Waals surface area (Å²) >= 11 is 0. The molecule has 0 unspecified atom stereocenters. The van der Waals surface area contributed by atoms with Crippen molar-refractivity contribution in [3.05, 3.63) is 35.6 Å². The van der Waals surface area contributed by atoms with E-state index in [4.69, 9.17) is 4.74 Å². The van der Waals surface area contributed by atoms with Gasteiger partial charge >= 0.3 is 5.97 Å². The Morgan fingerprint density at radius 2 is 2.14 bits per heavy atom. The molecule has 4 nitrogen and oxygen atoms in total. The van der Waals surface area contributed by atoms with Gasteiger partial charge in [-0.15, -0.1) is 0 Å². The summed E-state index contributed by atoms with van der Waals surface area (Å²) in [6.45, 7) is 3.01. The second kappa shape index (κ2) is 7.20. The molecule has 1 aliphatic rings. The van der Waals surface area contributed by atoms with E-state index in [1.807, 2.05) is 0 Å². The Morgan fingerprint density at radius 1 is 1.38 bits per heavy atom. The first-order valence-electron chi connectivity index (χ1n) is 7.30. The van der Waals surface area contributed by atoms with E-state index >= 15 is 0 Å². The van der Waals surface area contributed by atoms with Gasteiger partial charge in [0, 0.05) is 18.7 Å². The van der Waals surface area contributed by atoms with Crippen LogP contribution in [0.4, 0.5) is 4.39 Å². The van der Waals surface area contributed by atoms with Crippen molar-refractivity contribution >= 4 is 11.9 Å². The minimum absolute atomic E-state index is 0.168. The van der Waals surface area contributed by atoms with Crippen LogP contribution in [-0.2, 0) is 9.53 Å². The van der Waals surface area contributed by atoms with E-state index in [-0.39, 0.29) is 18.3 Å². The fourth-order valence-electron chi connectivity index (χ4n) is 2.15. The standard InChI is InChI=1S/C16H20FNO3/c1-2-21-15(19)8-9-18(11-12-6-7-12)16(20)13-4-3-5-14(17)10-13/h3-5,10,12H,2,6-9,11H2,1H3. The van der Waals surface area contributed by atoms with Gasteiger partial charge in [-0.3, -0.25) is 9.59 Å². The lowest BCUT2D eigenvalue weighted by atomic mass is 10.1. The maximum atomic E-state index is 13.2. The fourth-order valence-corrected chi connectivity index (χ4v) is 2.15. The number of halogens is 1. The first kappa shape index (κ1) is 15.5. The molecule has 1 saturated carbocycles. The average Bonchev–Trinajstić information content (AvgIpc) is 3.27. The smallest absolute Gasteiger partial charge is 0.307 e. The van der Waals surface area contributed by atoms with Gasteiger partial charge < -0.3 is 9.64 Å². The molecule has 0 N–H and O–H groups in total. The Labute approximate surface area is 123 Å². The molecule has 114 valence electrons. The van der Waals surface area contributed by atoms with Crippen molar-refractivity contribution in [1.82, 2.24) is 4.90 Å². The number of carbonyl (C=O) groups is 2. The number of benzene rings is 1. The Hall–Kier alpha value is -1.91. The van der Waals surface area contributed by atoms with Crippen molar-refractivity contribution < 1.29 is 18.7 Å². The number of hydrogen-bond acceptors (Lipinski definition) is 3. The zero-order chi connectivity index (χ0) is 15.2. The molecule has 0 saturated heterocycles. The van der Waals surface area contributed by atoms with Crippen LogP contribution in [-0.4, -0.2) is 36.5 Å². The summed E-state index contributed by atoms with van der Waals surface area (Å²) in [4.78, 5) is 25.5. The normalized spacial score (nSPS) is 13.8. The summed E-state index contributed by atoms with van der Waals surface area (Å²) in [7, 11) is 0. The zero-order valence-corrected chi connectivity index (χ0v) is 12.2. The van der Waals surface area contributed by atoms with Crippen LogP contribution in [0.3, 0.4) is 0 Å². The Bertz CT molecular complexity index is 514. The van der Waals surface area contributed by atoms with Crippen molar-refractivity contribution in [3.63, 3.8) is 0 Å². The van der Waals surface area contributed by atoms with E-state index in [2.05, 4.69) is 0 Å². The van der Waals surface area contributed by atoms with E-state index in [1.54, 1.807) is 17.9 Å². The molecule has 21 heavy (non-hydrogen) atoms. The van der Waals surface area contributed by atoms with Gasteiger partial charge in [-0.05, 0) is 43.9 Å². The highest BCUT2D eigenvalue weighted by Gasteiger charge is 2.27. The third-order valence-electron chi connectivity index (χ3n) is 3.43. The van der Waals surface area contributed by atoms with Crippen molar-refractivity contribution in [1.29, 1.82) is 0 Å². The molecule has 0 bridgehead atoms. The Morgan fingerprint density at radius 3 is 2.76 bits per heavy atom. The van der Waals surface area contributed by atoms with Gasteiger partial charge in [-0.25, -0.2) is 4.39 Å². The molecule has 1 fully saturated rings. The summed E-state index contributed by atoms with van der Waals surface area (Å²) in [5, 5.41) is 0. The van der Waals surface area contributed by atoms with E-state index in [1.165, 1.54) is 18.2 Å². The molecule has 0 radical (unpaired) electrons. The molecule has 1 aliphatic carbocycles. The molecule has 2 rings (SSSR count). The topological polar surface area (TPSA) is 46.6 Å². The fraction of sp³-hybridized carbons (Fsp3) is 0.500. The molecular formula is C16H20FNO3. The Balaban J connectivity index is 2.00. The molecule has 1 aromatic rings. The number of esters is 1. The molecule has 0 heterocycles. The summed E-state index contributed by atoms with van der Waals surface area (Å²) in [5.41, 5.74) is 0.319. The van der Waals surface area contributed by atoms with Crippen molar-refractivity contribution in [3.8, 4) is 0 Å². The lowest BCUT2D eigenvalue weighted by Crippen LogP contribution is -2.35. The van der Waals surface area contributed by atoms with E-state index in [9.17, 15) is 14.0 Å². The van der Waals surface area contributed by atoms with E-state index in [0.29, 0.717) is 31.2 Å². The van der Waals surface area contributed by atoms with Crippen molar-refractivity contribution in [2.45, 2.75) is 26.2 Å². The second-order valence-corrected chi connectivity index (χ2v) is 5.26. The van der Waals surface area contributed by atoms with Gasteiger partial charge in [0.05, 0.1) is 13.0 Å². The summed E-state index contributed by atoms with van der Waals surface area (Å²) < 4.78 is 18.1. The Kier molecular flexibility index (Phi) is 5.31. The van der Waals surface area contributed by atoms with Crippen LogP contribution in [0.1, 0.15) is 36.5 Å². The number of nitrogens with zero attached hydrogens (tertiary/aromatic N) is 1. The molecule has 0 spiro atoms. The number of hydrogen-bond donors (Lipinski definition) is 0. The number of ether oxygens (including phenoxy) is 1. The molecule has 1 amide bonds. The third-order valence-corrected chi connectivity index (χ3v) is 3.43. The maximum absolute atomic E-state index is 13.2. The van der Waals surface area contributed by atoms with Crippen LogP contribution in [0.15, 0.2) is 24.3 Å². The van der Waals surface area contributed by atoms with E-state index in [0.717, 1.165) is 12.8 Å². The van der Waals surface area contributed by atoms with Gasteiger partial charge in [-0.1, -0.05) is 6.07 Å². The second-order valence-electron chi connectivity index (χ2n) is 5.26. The maximum Gasteiger partial charge on any atom is 0.307 e. The molecule has 0 aromatic heterocycles. The molecule has 1 aromatic carbocycles. The number of rotatable bonds is 7. The third kappa shape index (κ3) is 4.85. The molecule has 5 heteroatoms. The minimum atomic E-state index is -0.433. The van der Waals surface area contributed by atoms with Crippen LogP contribution < -0.4 is 0 Å². The lowest BCUT2D eigenvalue weighted by molar-refractivity contribution is -0.143. The van der Waals surface area contributed by atoms with Crippen LogP contribution in [0.5, 0.6) is 0 Å². The average molecular weight is 293 g/mol. The quantitative estimate of drug-likeness (QED) is 0.726. The number of amides is 1. The highest BCUT2D eigenvalue weighted by atomic mass is 19.1. The molecular weight excluding hydrogens is 273 g/mol. The van der Waals surface area contributed by atoms with Crippen LogP contribution in [0.2, 0.25) is 0 Å². The van der Waals surface area contributed by atoms with Crippen LogP contribution >= 0.6 is 0 Å². The van der Waals surface area contributed by atoms with Crippen molar-refractivity contribution in [2.24, 2.45) is 5.92 Å².